The molecular formula is C12H11IO. The van der Waals surface area contributed by atoms with E-state index in [0.717, 1.165) is 10.0 Å². The van der Waals surface area contributed by atoms with E-state index in [1.807, 2.05) is 18.2 Å². The molecule has 0 aliphatic heterocycles. The monoisotopic (exact) mass is 298 g/mol. The maximum atomic E-state index is 11.3. The maximum absolute atomic E-state index is 11.3. The van der Waals surface area contributed by atoms with Crippen molar-refractivity contribution in [1.82, 2.24) is 0 Å². The van der Waals surface area contributed by atoms with Crippen LogP contribution >= 0.6 is 22.6 Å². The molecule has 0 bridgehead atoms. The zero-order chi connectivity index (χ0) is 9.97. The van der Waals surface area contributed by atoms with Crippen LogP contribution in [-0.2, 0) is 4.79 Å². The number of rotatable bonds is 1. The van der Waals surface area contributed by atoms with Crippen molar-refractivity contribution in [2.75, 3.05) is 0 Å². The summed E-state index contributed by atoms with van der Waals surface area (Å²) < 4.78 is 0.891. The molecule has 0 unspecified atom stereocenters. The van der Waals surface area contributed by atoms with Crippen LogP contribution < -0.4 is 0 Å². The van der Waals surface area contributed by atoms with Crippen LogP contribution in [0.5, 0.6) is 0 Å². The van der Waals surface area contributed by atoms with Gasteiger partial charge in [-0.2, -0.15) is 0 Å². The van der Waals surface area contributed by atoms with Crippen LogP contribution in [-0.4, -0.2) is 5.78 Å². The van der Waals surface area contributed by atoms with Crippen LogP contribution in [0.25, 0.3) is 0 Å². The Morgan fingerprint density at radius 2 is 1.93 bits per heavy atom. The smallest absolute Gasteiger partial charge is 0.168 e. The van der Waals surface area contributed by atoms with Crippen molar-refractivity contribution in [3.05, 3.63) is 45.6 Å². The number of halogens is 1. The standard InChI is InChI=1S/C12H11IO/c13-11-8-10(6-7-12(11)14)9-4-2-1-3-5-9/h1-5,8,10H,6-7H2/t10-/m0/s1. The van der Waals surface area contributed by atoms with Crippen LogP contribution in [0.2, 0.25) is 0 Å². The zero-order valence-electron chi connectivity index (χ0n) is 7.74. The Balaban J connectivity index is 2.26. The quantitative estimate of drug-likeness (QED) is 0.726. The molecule has 1 aromatic carbocycles. The minimum Gasteiger partial charge on any atom is -0.294 e. The average molecular weight is 298 g/mol. The molecule has 1 aromatic rings. The maximum Gasteiger partial charge on any atom is 0.168 e. The molecule has 14 heavy (non-hydrogen) atoms. The summed E-state index contributed by atoms with van der Waals surface area (Å²) >= 11 is 2.14. The highest BCUT2D eigenvalue weighted by molar-refractivity contribution is 14.1. The Bertz CT molecular complexity index is 367. The number of carbonyl (C=O) groups is 1. The molecule has 0 spiro atoms. The van der Waals surface area contributed by atoms with Gasteiger partial charge in [0.1, 0.15) is 0 Å². The summed E-state index contributed by atoms with van der Waals surface area (Å²) in [5, 5.41) is 0. The van der Waals surface area contributed by atoms with Crippen molar-refractivity contribution >= 4 is 28.4 Å². The van der Waals surface area contributed by atoms with Gasteiger partial charge in [0.25, 0.3) is 0 Å². The third-order valence-corrected chi connectivity index (χ3v) is 3.49. The van der Waals surface area contributed by atoms with Crippen molar-refractivity contribution in [2.24, 2.45) is 0 Å². The van der Waals surface area contributed by atoms with Crippen LogP contribution in [0.1, 0.15) is 24.3 Å². The van der Waals surface area contributed by atoms with E-state index in [4.69, 9.17) is 0 Å². The molecule has 1 aliphatic rings. The minimum atomic E-state index is 0.290. The minimum absolute atomic E-state index is 0.290. The van der Waals surface area contributed by atoms with Crippen LogP contribution in [0.4, 0.5) is 0 Å². The lowest BCUT2D eigenvalue weighted by Crippen LogP contribution is -2.09. The van der Waals surface area contributed by atoms with Gasteiger partial charge in [0.05, 0.1) is 3.58 Å². The average Bonchev–Trinajstić information content (AvgIpc) is 2.23. The van der Waals surface area contributed by atoms with E-state index in [0.29, 0.717) is 12.3 Å². The van der Waals surface area contributed by atoms with Gasteiger partial charge in [-0.1, -0.05) is 36.4 Å². The summed E-state index contributed by atoms with van der Waals surface area (Å²) in [4.78, 5) is 11.3. The number of hydrogen-bond donors (Lipinski definition) is 0. The van der Waals surface area contributed by atoms with Crippen LogP contribution in [0.15, 0.2) is 40.0 Å². The normalized spacial score (nSPS) is 21.9. The fourth-order valence-electron chi connectivity index (χ4n) is 1.72. The lowest BCUT2D eigenvalue weighted by atomic mass is 9.89. The van der Waals surface area contributed by atoms with Gasteiger partial charge in [-0.15, -0.1) is 0 Å². The van der Waals surface area contributed by atoms with Crippen molar-refractivity contribution in [3.8, 4) is 0 Å². The van der Waals surface area contributed by atoms with Gasteiger partial charge in [0, 0.05) is 12.3 Å². The molecule has 0 N–H and O–H groups in total. The molecule has 0 amide bonds. The first-order valence-corrected chi connectivity index (χ1v) is 5.81. The number of Topliss-reactive ketones (excluding diaryl/α,β-unsaturated/α-hetero) is 1. The molecule has 0 fully saturated rings. The highest BCUT2D eigenvalue weighted by atomic mass is 127. The van der Waals surface area contributed by atoms with E-state index in [9.17, 15) is 4.79 Å². The molecule has 0 saturated heterocycles. The fourth-order valence-corrected chi connectivity index (χ4v) is 2.43. The second-order valence-electron chi connectivity index (χ2n) is 3.49. The summed E-state index contributed by atoms with van der Waals surface area (Å²) in [6.45, 7) is 0. The molecule has 2 rings (SSSR count). The number of ketones is 1. The third-order valence-electron chi connectivity index (χ3n) is 2.52. The van der Waals surface area contributed by atoms with Gasteiger partial charge in [-0.25, -0.2) is 0 Å². The molecule has 1 nitrogen and oxygen atoms in total. The summed E-state index contributed by atoms with van der Waals surface area (Å²) in [5.74, 6) is 0.721. The first kappa shape index (κ1) is 9.90. The molecule has 1 atom stereocenters. The Kier molecular flexibility index (Phi) is 3.01. The molecular weight excluding hydrogens is 287 g/mol. The third kappa shape index (κ3) is 2.05. The highest BCUT2D eigenvalue weighted by Gasteiger charge is 2.19. The molecule has 1 aliphatic carbocycles. The Morgan fingerprint density at radius 1 is 1.21 bits per heavy atom. The van der Waals surface area contributed by atoms with E-state index < -0.39 is 0 Å². The molecule has 2 heteroatoms. The summed E-state index contributed by atoms with van der Waals surface area (Å²) in [6, 6.07) is 10.4. The highest BCUT2D eigenvalue weighted by Crippen LogP contribution is 2.31. The fraction of sp³-hybridized carbons (Fsp3) is 0.250. The van der Waals surface area contributed by atoms with E-state index in [2.05, 4.69) is 40.8 Å². The topological polar surface area (TPSA) is 17.1 Å². The van der Waals surface area contributed by atoms with Crippen molar-refractivity contribution < 1.29 is 4.79 Å². The number of allylic oxidation sites excluding steroid dienone is 2. The van der Waals surface area contributed by atoms with E-state index in [-0.39, 0.29) is 5.78 Å². The molecule has 0 heterocycles. The second-order valence-corrected chi connectivity index (χ2v) is 4.66. The van der Waals surface area contributed by atoms with E-state index >= 15 is 0 Å². The lowest BCUT2D eigenvalue weighted by molar-refractivity contribution is -0.115. The Hall–Kier alpha value is -0.640. The second kappa shape index (κ2) is 4.26. The van der Waals surface area contributed by atoms with E-state index in [1.165, 1.54) is 5.56 Å². The summed E-state index contributed by atoms with van der Waals surface area (Å²) in [6.07, 6.45) is 3.73. The van der Waals surface area contributed by atoms with Crippen molar-refractivity contribution in [2.45, 2.75) is 18.8 Å². The number of hydrogen-bond acceptors (Lipinski definition) is 1. The van der Waals surface area contributed by atoms with Gasteiger partial charge in [-0.3, -0.25) is 4.79 Å². The zero-order valence-corrected chi connectivity index (χ0v) is 9.90. The molecule has 72 valence electrons. The predicted molar refractivity (Wildman–Crippen MR) is 65.5 cm³/mol. The van der Waals surface area contributed by atoms with Gasteiger partial charge in [0.15, 0.2) is 5.78 Å². The van der Waals surface area contributed by atoms with Gasteiger partial charge in [0.2, 0.25) is 0 Å². The first-order chi connectivity index (χ1) is 6.77. The van der Waals surface area contributed by atoms with Gasteiger partial charge < -0.3 is 0 Å². The number of benzene rings is 1. The lowest BCUT2D eigenvalue weighted by Gasteiger charge is -2.17. The largest absolute Gasteiger partial charge is 0.294 e. The predicted octanol–water partition coefficient (Wildman–Crippen LogP) is 3.45. The van der Waals surface area contributed by atoms with Crippen molar-refractivity contribution in [1.29, 1.82) is 0 Å². The van der Waals surface area contributed by atoms with Crippen LogP contribution in [0.3, 0.4) is 0 Å². The van der Waals surface area contributed by atoms with Gasteiger partial charge in [-0.05, 0) is 34.6 Å². The van der Waals surface area contributed by atoms with Crippen LogP contribution in [0, 0.1) is 0 Å². The molecule has 0 radical (unpaired) electrons. The summed E-state index contributed by atoms with van der Waals surface area (Å²) in [7, 11) is 0. The van der Waals surface area contributed by atoms with Crippen molar-refractivity contribution in [3.63, 3.8) is 0 Å². The van der Waals surface area contributed by atoms with Gasteiger partial charge >= 0.3 is 0 Å². The first-order valence-electron chi connectivity index (χ1n) is 4.73. The number of carbonyl (C=O) groups excluding carboxylic acids is 1. The Labute approximate surface area is 97.3 Å². The SMILES string of the molecule is O=C1CC[C@H](c2ccccc2)C=C1I. The van der Waals surface area contributed by atoms with E-state index in [1.54, 1.807) is 0 Å². The summed E-state index contributed by atoms with van der Waals surface area (Å²) in [5.41, 5.74) is 1.31. The molecule has 0 saturated carbocycles. The molecule has 0 aromatic heterocycles. The Morgan fingerprint density at radius 3 is 2.57 bits per heavy atom.